The van der Waals surface area contributed by atoms with Crippen LogP contribution in [0, 0.1) is 5.82 Å². The molecule has 0 aliphatic carbocycles. The molecule has 14 heavy (non-hydrogen) atoms. The molecule has 0 bridgehead atoms. The molecule has 1 aliphatic heterocycles. The zero-order chi connectivity index (χ0) is 10.1. The van der Waals surface area contributed by atoms with E-state index in [4.69, 9.17) is 5.73 Å². The van der Waals surface area contributed by atoms with E-state index in [2.05, 4.69) is 5.32 Å². The Morgan fingerprint density at radius 2 is 2.21 bits per heavy atom. The quantitative estimate of drug-likeness (QED) is 0.655. The topological polar surface area (TPSA) is 58.4 Å². The van der Waals surface area contributed by atoms with Crippen LogP contribution in [-0.4, -0.2) is 19.1 Å². The predicted octanol–water partition coefficient (Wildman–Crippen LogP) is 0.938. The lowest BCUT2D eigenvalue weighted by atomic mass is 10.2. The second kappa shape index (κ2) is 3.17. The zero-order valence-electron chi connectivity index (χ0n) is 7.46. The number of halogens is 1. The number of nitrogens with zero attached hydrogens (tertiary/aromatic N) is 1. The summed E-state index contributed by atoms with van der Waals surface area (Å²) < 4.78 is 13.0. The Kier molecular flexibility index (Phi) is 1.99. The average molecular weight is 195 g/mol. The lowest BCUT2D eigenvalue weighted by molar-refractivity contribution is 0.252. The van der Waals surface area contributed by atoms with Crippen molar-refractivity contribution in [2.75, 3.05) is 23.7 Å². The SMILES string of the molecule is Nc1cc(F)cc(N2CCNC2=O)c1. The van der Waals surface area contributed by atoms with Gasteiger partial charge in [-0.2, -0.15) is 0 Å². The van der Waals surface area contributed by atoms with Crippen LogP contribution in [-0.2, 0) is 0 Å². The minimum Gasteiger partial charge on any atom is -0.399 e. The van der Waals surface area contributed by atoms with Crippen LogP contribution in [0.3, 0.4) is 0 Å². The molecule has 0 spiro atoms. The van der Waals surface area contributed by atoms with Crippen molar-refractivity contribution in [1.29, 1.82) is 0 Å². The smallest absolute Gasteiger partial charge is 0.321 e. The molecule has 1 heterocycles. The monoisotopic (exact) mass is 195 g/mol. The number of hydrogen-bond acceptors (Lipinski definition) is 2. The van der Waals surface area contributed by atoms with Crippen molar-refractivity contribution < 1.29 is 9.18 Å². The van der Waals surface area contributed by atoms with Crippen molar-refractivity contribution in [3.05, 3.63) is 24.0 Å². The van der Waals surface area contributed by atoms with E-state index >= 15 is 0 Å². The standard InChI is InChI=1S/C9H10FN3O/c10-6-3-7(11)5-8(4-6)13-2-1-12-9(13)14/h3-5H,1-2,11H2,(H,12,14). The molecule has 2 amide bonds. The first-order valence-corrected chi connectivity index (χ1v) is 4.28. The van der Waals surface area contributed by atoms with Gasteiger partial charge in [0.25, 0.3) is 0 Å². The van der Waals surface area contributed by atoms with Gasteiger partial charge in [-0.25, -0.2) is 9.18 Å². The molecule has 0 saturated carbocycles. The molecule has 0 radical (unpaired) electrons. The first-order chi connectivity index (χ1) is 6.66. The summed E-state index contributed by atoms with van der Waals surface area (Å²) in [5, 5.41) is 2.63. The van der Waals surface area contributed by atoms with E-state index in [9.17, 15) is 9.18 Å². The van der Waals surface area contributed by atoms with Crippen LogP contribution < -0.4 is 16.0 Å². The molecule has 1 aliphatic rings. The number of benzene rings is 1. The predicted molar refractivity (Wildman–Crippen MR) is 51.6 cm³/mol. The van der Waals surface area contributed by atoms with Gasteiger partial charge in [0.15, 0.2) is 0 Å². The molecule has 4 nitrogen and oxygen atoms in total. The molecule has 0 unspecified atom stereocenters. The van der Waals surface area contributed by atoms with Crippen LogP contribution in [0.1, 0.15) is 0 Å². The van der Waals surface area contributed by atoms with Gasteiger partial charge in [0.1, 0.15) is 5.82 Å². The summed E-state index contributed by atoms with van der Waals surface area (Å²) in [5.74, 6) is -0.431. The lowest BCUT2D eigenvalue weighted by Crippen LogP contribution is -2.27. The highest BCUT2D eigenvalue weighted by Gasteiger charge is 2.21. The molecule has 1 aromatic carbocycles. The second-order valence-corrected chi connectivity index (χ2v) is 3.13. The number of carbonyl (C=O) groups excluding carboxylic acids is 1. The van der Waals surface area contributed by atoms with Crippen molar-refractivity contribution in [3.63, 3.8) is 0 Å². The van der Waals surface area contributed by atoms with Gasteiger partial charge in [-0.05, 0) is 18.2 Å². The molecule has 0 aromatic heterocycles. The molecule has 2 rings (SSSR count). The fourth-order valence-electron chi connectivity index (χ4n) is 1.47. The van der Waals surface area contributed by atoms with Crippen LogP contribution in [0.25, 0.3) is 0 Å². The van der Waals surface area contributed by atoms with Crippen LogP contribution in [0.2, 0.25) is 0 Å². The van der Waals surface area contributed by atoms with Crippen LogP contribution in [0.15, 0.2) is 18.2 Å². The van der Waals surface area contributed by atoms with Crippen molar-refractivity contribution in [2.45, 2.75) is 0 Å². The van der Waals surface area contributed by atoms with Crippen LogP contribution >= 0.6 is 0 Å². The maximum Gasteiger partial charge on any atom is 0.321 e. The Morgan fingerprint density at radius 1 is 1.43 bits per heavy atom. The molecule has 74 valence electrons. The van der Waals surface area contributed by atoms with E-state index in [-0.39, 0.29) is 6.03 Å². The van der Waals surface area contributed by atoms with Crippen molar-refractivity contribution in [2.24, 2.45) is 0 Å². The molecular formula is C9H10FN3O. The maximum atomic E-state index is 13.0. The zero-order valence-corrected chi connectivity index (χ0v) is 7.46. The molecule has 1 saturated heterocycles. The summed E-state index contributed by atoms with van der Waals surface area (Å²) in [6.07, 6.45) is 0. The Labute approximate surface area is 80.5 Å². The molecule has 3 N–H and O–H groups in total. The Balaban J connectivity index is 2.35. The molecule has 1 aromatic rings. The van der Waals surface area contributed by atoms with E-state index in [1.165, 1.54) is 17.0 Å². The summed E-state index contributed by atoms with van der Waals surface area (Å²) in [4.78, 5) is 12.7. The number of nitrogens with two attached hydrogens (primary N) is 1. The highest BCUT2D eigenvalue weighted by Crippen LogP contribution is 2.21. The number of carbonyl (C=O) groups is 1. The maximum absolute atomic E-state index is 13.0. The third-order valence-corrected chi connectivity index (χ3v) is 2.07. The van der Waals surface area contributed by atoms with E-state index in [1.54, 1.807) is 6.07 Å². The third-order valence-electron chi connectivity index (χ3n) is 2.07. The van der Waals surface area contributed by atoms with Gasteiger partial charge in [-0.1, -0.05) is 0 Å². The first kappa shape index (κ1) is 8.80. The number of amides is 2. The molecular weight excluding hydrogens is 185 g/mol. The summed E-state index contributed by atoms with van der Waals surface area (Å²) in [5.41, 5.74) is 6.29. The number of anilines is 2. The fourth-order valence-corrected chi connectivity index (χ4v) is 1.47. The molecule has 5 heteroatoms. The van der Waals surface area contributed by atoms with E-state index < -0.39 is 5.82 Å². The number of rotatable bonds is 1. The Hall–Kier alpha value is -1.78. The van der Waals surface area contributed by atoms with Gasteiger partial charge in [0, 0.05) is 18.8 Å². The number of nitrogen functional groups attached to an aromatic ring is 1. The van der Waals surface area contributed by atoms with Crippen LogP contribution in [0.5, 0.6) is 0 Å². The Morgan fingerprint density at radius 3 is 2.79 bits per heavy atom. The van der Waals surface area contributed by atoms with E-state index in [0.29, 0.717) is 24.5 Å². The largest absolute Gasteiger partial charge is 0.399 e. The van der Waals surface area contributed by atoms with Crippen molar-refractivity contribution in [1.82, 2.24) is 5.32 Å². The van der Waals surface area contributed by atoms with Gasteiger partial charge in [0.05, 0.1) is 5.69 Å². The van der Waals surface area contributed by atoms with Gasteiger partial charge in [0.2, 0.25) is 0 Å². The van der Waals surface area contributed by atoms with Gasteiger partial charge in [-0.3, -0.25) is 4.90 Å². The average Bonchev–Trinajstić information content (AvgIpc) is 2.49. The van der Waals surface area contributed by atoms with Crippen molar-refractivity contribution >= 4 is 17.4 Å². The van der Waals surface area contributed by atoms with Crippen LogP contribution in [0.4, 0.5) is 20.6 Å². The number of hydrogen-bond donors (Lipinski definition) is 2. The normalized spacial score (nSPS) is 15.8. The summed E-state index contributed by atoms with van der Waals surface area (Å²) in [7, 11) is 0. The minimum atomic E-state index is -0.431. The summed E-state index contributed by atoms with van der Waals surface area (Å²) in [6.45, 7) is 1.12. The Bertz CT molecular complexity index is 360. The summed E-state index contributed by atoms with van der Waals surface area (Å²) in [6, 6.07) is 3.88. The highest BCUT2D eigenvalue weighted by atomic mass is 19.1. The second-order valence-electron chi connectivity index (χ2n) is 3.13. The van der Waals surface area contributed by atoms with Gasteiger partial charge in [-0.15, -0.1) is 0 Å². The van der Waals surface area contributed by atoms with Crippen molar-refractivity contribution in [3.8, 4) is 0 Å². The lowest BCUT2D eigenvalue weighted by Gasteiger charge is -2.14. The van der Waals surface area contributed by atoms with Gasteiger partial charge >= 0.3 is 6.03 Å². The molecule has 1 fully saturated rings. The highest BCUT2D eigenvalue weighted by molar-refractivity contribution is 5.94. The third kappa shape index (κ3) is 1.48. The number of nitrogens with one attached hydrogen (secondary N) is 1. The fraction of sp³-hybridized carbons (Fsp3) is 0.222. The van der Waals surface area contributed by atoms with E-state index in [1.807, 2.05) is 0 Å². The minimum absolute atomic E-state index is 0.213. The van der Waals surface area contributed by atoms with Gasteiger partial charge < -0.3 is 11.1 Å². The molecule has 0 atom stereocenters. The first-order valence-electron chi connectivity index (χ1n) is 4.28. The number of urea groups is 1. The van der Waals surface area contributed by atoms with E-state index in [0.717, 1.165) is 0 Å². The summed E-state index contributed by atoms with van der Waals surface area (Å²) >= 11 is 0.